The summed E-state index contributed by atoms with van der Waals surface area (Å²) in [6.45, 7) is 7.08. The first-order valence-electron chi connectivity index (χ1n) is 10.8. The van der Waals surface area contributed by atoms with Crippen LogP contribution in [0.2, 0.25) is 0 Å². The van der Waals surface area contributed by atoms with Crippen LogP contribution in [-0.2, 0) is 14.3 Å². The summed E-state index contributed by atoms with van der Waals surface area (Å²) in [6.07, 6.45) is 3.90. The van der Waals surface area contributed by atoms with E-state index < -0.39 is 5.92 Å². The first-order valence-corrected chi connectivity index (χ1v) is 11.6. The van der Waals surface area contributed by atoms with Gasteiger partial charge in [-0.05, 0) is 56.3 Å². The highest BCUT2D eigenvalue weighted by atomic mass is 79.9. The van der Waals surface area contributed by atoms with E-state index in [1.807, 2.05) is 29.2 Å². The van der Waals surface area contributed by atoms with Crippen molar-refractivity contribution in [1.29, 1.82) is 0 Å². The molecular weight excluding hydrogens is 434 g/mol. The number of nitrogens with zero attached hydrogens (tertiary/aromatic N) is 3. The molecule has 2 amide bonds. The van der Waals surface area contributed by atoms with Crippen molar-refractivity contribution in [2.45, 2.75) is 25.7 Å². The second kappa shape index (κ2) is 9.58. The summed E-state index contributed by atoms with van der Waals surface area (Å²) in [5, 5.41) is 0. The van der Waals surface area contributed by atoms with Gasteiger partial charge in [-0.15, -0.1) is 0 Å². The Morgan fingerprint density at radius 1 is 1.07 bits per heavy atom. The summed E-state index contributed by atoms with van der Waals surface area (Å²) < 4.78 is 6.35. The number of hydrogen-bond donors (Lipinski definition) is 0. The Morgan fingerprint density at radius 2 is 1.83 bits per heavy atom. The largest absolute Gasteiger partial charge is 0.379 e. The molecule has 0 saturated carbocycles. The highest BCUT2D eigenvalue weighted by Crippen LogP contribution is 2.30. The summed E-state index contributed by atoms with van der Waals surface area (Å²) in [5.74, 6) is 0.139. The number of carbonyl (C=O) groups excluding carboxylic acids is 2. The van der Waals surface area contributed by atoms with Crippen molar-refractivity contribution in [3.63, 3.8) is 0 Å². The van der Waals surface area contributed by atoms with Gasteiger partial charge in [-0.3, -0.25) is 14.5 Å². The zero-order chi connectivity index (χ0) is 20.2. The summed E-state index contributed by atoms with van der Waals surface area (Å²) in [7, 11) is 0. The number of anilines is 1. The maximum absolute atomic E-state index is 13.0. The lowest BCUT2D eigenvalue weighted by atomic mass is 9.92. The predicted molar refractivity (Wildman–Crippen MR) is 116 cm³/mol. The quantitative estimate of drug-likeness (QED) is 0.629. The maximum atomic E-state index is 13.0. The Kier molecular flexibility index (Phi) is 6.88. The van der Waals surface area contributed by atoms with Crippen LogP contribution in [0.15, 0.2) is 28.7 Å². The maximum Gasteiger partial charge on any atom is 0.239 e. The van der Waals surface area contributed by atoms with E-state index in [1.165, 1.54) is 6.42 Å². The third-order valence-corrected chi connectivity index (χ3v) is 7.00. The van der Waals surface area contributed by atoms with Crippen LogP contribution in [0.5, 0.6) is 0 Å². The molecule has 4 rings (SSSR count). The predicted octanol–water partition coefficient (Wildman–Crippen LogP) is 2.76. The highest BCUT2D eigenvalue weighted by Gasteiger charge is 2.40. The molecule has 3 heterocycles. The lowest BCUT2D eigenvalue weighted by Gasteiger charge is -2.34. The molecule has 1 unspecified atom stereocenters. The minimum Gasteiger partial charge on any atom is -0.379 e. The van der Waals surface area contributed by atoms with Crippen LogP contribution in [0.25, 0.3) is 0 Å². The van der Waals surface area contributed by atoms with Gasteiger partial charge in [-0.1, -0.05) is 22.0 Å². The minimum absolute atomic E-state index is 0.0270. The zero-order valence-corrected chi connectivity index (χ0v) is 18.5. The molecule has 7 heteroatoms. The van der Waals surface area contributed by atoms with Crippen LogP contribution in [-0.4, -0.2) is 74.1 Å². The molecule has 0 aromatic heterocycles. The molecule has 0 spiro atoms. The SMILES string of the molecule is O=C(C1CCN(c2cccc(Br)c2)C1=O)N1CCC(CCN2CCOCC2)CC1. The smallest absolute Gasteiger partial charge is 0.239 e. The number of rotatable bonds is 5. The van der Waals surface area contributed by atoms with Crippen LogP contribution < -0.4 is 4.90 Å². The zero-order valence-electron chi connectivity index (χ0n) is 16.9. The van der Waals surface area contributed by atoms with Gasteiger partial charge in [-0.25, -0.2) is 0 Å². The molecule has 0 radical (unpaired) electrons. The third kappa shape index (κ3) is 5.01. The molecule has 6 nitrogen and oxygen atoms in total. The Balaban J connectivity index is 1.26. The van der Waals surface area contributed by atoms with Crippen molar-refractivity contribution in [2.24, 2.45) is 11.8 Å². The number of piperidine rings is 1. The van der Waals surface area contributed by atoms with Crippen molar-refractivity contribution in [2.75, 3.05) is 57.4 Å². The van der Waals surface area contributed by atoms with E-state index in [0.29, 0.717) is 18.9 Å². The van der Waals surface area contributed by atoms with Gasteiger partial charge in [-0.2, -0.15) is 0 Å². The summed E-state index contributed by atoms with van der Waals surface area (Å²) in [5.41, 5.74) is 0.862. The van der Waals surface area contributed by atoms with Gasteiger partial charge in [0.05, 0.1) is 13.2 Å². The molecule has 29 heavy (non-hydrogen) atoms. The molecule has 1 aromatic carbocycles. The molecule has 0 bridgehead atoms. The van der Waals surface area contributed by atoms with Gasteiger partial charge >= 0.3 is 0 Å². The van der Waals surface area contributed by atoms with Crippen LogP contribution in [0, 0.1) is 11.8 Å². The number of likely N-dealkylation sites (tertiary alicyclic amines) is 1. The number of ether oxygens (including phenoxy) is 1. The van der Waals surface area contributed by atoms with E-state index in [9.17, 15) is 9.59 Å². The van der Waals surface area contributed by atoms with Crippen molar-refractivity contribution in [3.05, 3.63) is 28.7 Å². The Bertz CT molecular complexity index is 730. The summed E-state index contributed by atoms with van der Waals surface area (Å²) >= 11 is 3.46. The molecule has 3 saturated heterocycles. The average Bonchev–Trinajstić information content (AvgIpc) is 3.14. The molecular formula is C22H30BrN3O3. The van der Waals surface area contributed by atoms with Gasteiger partial charge in [0, 0.05) is 42.9 Å². The Labute approximate surface area is 181 Å². The van der Waals surface area contributed by atoms with E-state index >= 15 is 0 Å². The van der Waals surface area contributed by atoms with E-state index in [2.05, 4.69) is 20.8 Å². The first-order chi connectivity index (χ1) is 14.1. The average molecular weight is 464 g/mol. The second-order valence-electron chi connectivity index (χ2n) is 8.32. The standard InChI is InChI=1S/C22H30BrN3O3/c23-18-2-1-3-19(16-18)26-11-7-20(22(26)28)21(27)25-9-5-17(6-10-25)4-8-24-12-14-29-15-13-24/h1-3,16-17,20H,4-15H2. The highest BCUT2D eigenvalue weighted by molar-refractivity contribution is 9.10. The monoisotopic (exact) mass is 463 g/mol. The lowest BCUT2D eigenvalue weighted by molar-refractivity contribution is -0.141. The molecule has 1 atom stereocenters. The van der Waals surface area contributed by atoms with Crippen molar-refractivity contribution in [3.8, 4) is 0 Å². The van der Waals surface area contributed by atoms with Crippen LogP contribution >= 0.6 is 15.9 Å². The van der Waals surface area contributed by atoms with Gasteiger partial charge in [0.1, 0.15) is 5.92 Å². The van der Waals surface area contributed by atoms with Gasteiger partial charge in [0.2, 0.25) is 11.8 Å². The second-order valence-corrected chi connectivity index (χ2v) is 9.24. The third-order valence-electron chi connectivity index (χ3n) is 6.51. The Morgan fingerprint density at radius 3 is 2.55 bits per heavy atom. The fourth-order valence-corrected chi connectivity index (χ4v) is 5.05. The molecule has 3 fully saturated rings. The molecule has 1 aromatic rings. The summed E-state index contributed by atoms with van der Waals surface area (Å²) in [6, 6.07) is 7.72. The number of benzene rings is 1. The van der Waals surface area contributed by atoms with Gasteiger partial charge in [0.15, 0.2) is 0 Å². The number of carbonyl (C=O) groups is 2. The number of amides is 2. The molecule has 158 valence electrons. The van der Waals surface area contributed by atoms with Crippen molar-refractivity contribution < 1.29 is 14.3 Å². The minimum atomic E-state index is -0.515. The molecule has 0 aliphatic carbocycles. The van der Waals surface area contributed by atoms with Gasteiger partial charge in [0.25, 0.3) is 0 Å². The van der Waals surface area contributed by atoms with E-state index in [4.69, 9.17) is 4.74 Å². The lowest BCUT2D eigenvalue weighted by Crippen LogP contribution is -2.44. The topological polar surface area (TPSA) is 53.1 Å². The number of halogens is 1. The normalized spacial score (nSPS) is 24.3. The van der Waals surface area contributed by atoms with Gasteiger partial charge < -0.3 is 14.5 Å². The molecule has 3 aliphatic rings. The number of hydrogen-bond acceptors (Lipinski definition) is 4. The fourth-order valence-electron chi connectivity index (χ4n) is 4.66. The summed E-state index contributed by atoms with van der Waals surface area (Å²) in [4.78, 5) is 32.1. The number of morpholine rings is 1. The molecule has 0 N–H and O–H groups in total. The Hall–Kier alpha value is -1.44. The van der Waals surface area contributed by atoms with Crippen molar-refractivity contribution in [1.82, 2.24) is 9.80 Å². The first kappa shape index (κ1) is 20.8. The van der Waals surface area contributed by atoms with Crippen LogP contribution in [0.1, 0.15) is 25.7 Å². The van der Waals surface area contributed by atoms with E-state index in [0.717, 1.165) is 68.9 Å². The van der Waals surface area contributed by atoms with Crippen molar-refractivity contribution >= 4 is 33.4 Å². The molecule has 3 aliphatic heterocycles. The fraction of sp³-hybridized carbons (Fsp3) is 0.636. The van der Waals surface area contributed by atoms with Crippen LogP contribution in [0.4, 0.5) is 5.69 Å². The van der Waals surface area contributed by atoms with E-state index in [-0.39, 0.29) is 11.8 Å². The van der Waals surface area contributed by atoms with Crippen LogP contribution in [0.3, 0.4) is 0 Å². The van der Waals surface area contributed by atoms with E-state index in [1.54, 1.807) is 4.90 Å².